The summed E-state index contributed by atoms with van der Waals surface area (Å²) in [5.41, 5.74) is 5.07. The van der Waals surface area contributed by atoms with Gasteiger partial charge in [-0.3, -0.25) is 19.1 Å². The van der Waals surface area contributed by atoms with Gasteiger partial charge < -0.3 is 15.0 Å². The summed E-state index contributed by atoms with van der Waals surface area (Å²) in [6, 6.07) is 7.09. The summed E-state index contributed by atoms with van der Waals surface area (Å²) in [4.78, 5) is 56.1. The van der Waals surface area contributed by atoms with E-state index in [1.165, 1.54) is 6.92 Å². The molecule has 2 bridgehead atoms. The molecule has 1 spiro atoms. The fourth-order valence-corrected chi connectivity index (χ4v) is 7.40. The molecule has 1 saturated carbocycles. The SMILES string of the molecule is CC(=O)c1nn(CC(=O)N2[C@H]3C[C@@]4(CCCC=CCOCc5ccc(C)nc5NC3=O)C[C@@H]24)c2c(C)cc(-c3cnc(C)nc3)cc12. The first-order valence-electron chi connectivity index (χ1n) is 16.3. The van der Waals surface area contributed by atoms with Crippen LogP contribution >= 0.6 is 0 Å². The predicted octanol–water partition coefficient (Wildman–Crippen LogP) is 5.27. The Morgan fingerprint density at radius 3 is 2.66 bits per heavy atom. The molecule has 242 valence electrons. The third-order valence-electron chi connectivity index (χ3n) is 9.82. The number of hydrogen-bond acceptors (Lipinski definition) is 8. The number of carbonyl (C=O) groups excluding carboxylic acids is 3. The largest absolute Gasteiger partial charge is 0.373 e. The molecule has 7 rings (SSSR count). The van der Waals surface area contributed by atoms with Crippen LogP contribution in [0.1, 0.15) is 72.2 Å². The minimum Gasteiger partial charge on any atom is -0.373 e. The molecular formula is C36H39N7O4. The maximum atomic E-state index is 14.3. The first-order valence-corrected chi connectivity index (χ1v) is 16.3. The molecule has 1 N–H and O–H groups in total. The number of nitrogens with zero attached hydrogens (tertiary/aromatic N) is 6. The molecule has 47 heavy (non-hydrogen) atoms. The first-order chi connectivity index (χ1) is 22.6. The van der Waals surface area contributed by atoms with E-state index in [1.54, 1.807) is 22.0 Å². The monoisotopic (exact) mass is 633 g/mol. The number of aromatic nitrogens is 5. The molecule has 0 radical (unpaired) electrons. The molecule has 1 aromatic carbocycles. The average Bonchev–Trinajstić information content (AvgIpc) is 3.43. The Kier molecular flexibility index (Phi) is 7.95. The van der Waals surface area contributed by atoms with Gasteiger partial charge >= 0.3 is 0 Å². The normalized spacial score (nSPS) is 22.6. The lowest BCUT2D eigenvalue weighted by Gasteiger charge is -2.27. The molecule has 2 fully saturated rings. The van der Waals surface area contributed by atoms with Gasteiger partial charge in [0.1, 0.15) is 29.9 Å². The van der Waals surface area contributed by atoms with Gasteiger partial charge in [0, 0.05) is 47.6 Å². The van der Waals surface area contributed by atoms with Gasteiger partial charge in [0.15, 0.2) is 5.78 Å². The van der Waals surface area contributed by atoms with Crippen molar-refractivity contribution in [3.63, 3.8) is 0 Å². The van der Waals surface area contributed by atoms with Gasteiger partial charge in [-0.05, 0) is 87.6 Å². The number of ketones is 1. The Morgan fingerprint density at radius 1 is 1.06 bits per heavy atom. The molecule has 3 aromatic heterocycles. The van der Waals surface area contributed by atoms with E-state index >= 15 is 0 Å². The van der Waals surface area contributed by atoms with Crippen molar-refractivity contribution in [2.45, 2.75) is 85.0 Å². The van der Waals surface area contributed by atoms with Crippen molar-refractivity contribution in [3.8, 4) is 11.1 Å². The maximum Gasteiger partial charge on any atom is 0.248 e. The lowest BCUT2D eigenvalue weighted by Crippen LogP contribution is -2.47. The van der Waals surface area contributed by atoms with Crippen molar-refractivity contribution in [2.24, 2.45) is 5.41 Å². The van der Waals surface area contributed by atoms with Crippen molar-refractivity contribution in [3.05, 3.63) is 77.2 Å². The van der Waals surface area contributed by atoms with E-state index in [1.807, 2.05) is 51.1 Å². The molecule has 0 unspecified atom stereocenters. The second-order valence-corrected chi connectivity index (χ2v) is 13.2. The Balaban J connectivity index is 1.22. The average molecular weight is 634 g/mol. The predicted molar refractivity (Wildman–Crippen MR) is 177 cm³/mol. The van der Waals surface area contributed by atoms with Crippen molar-refractivity contribution >= 4 is 34.3 Å². The fraction of sp³-hybridized carbons (Fsp3) is 0.417. The van der Waals surface area contributed by atoms with Crippen molar-refractivity contribution in [1.82, 2.24) is 29.6 Å². The minimum absolute atomic E-state index is 0.0146. The van der Waals surface area contributed by atoms with E-state index in [-0.39, 0.29) is 35.6 Å². The fourth-order valence-electron chi connectivity index (χ4n) is 7.40. The summed E-state index contributed by atoms with van der Waals surface area (Å²) in [5, 5.41) is 8.39. The summed E-state index contributed by atoms with van der Waals surface area (Å²) in [7, 11) is 0. The summed E-state index contributed by atoms with van der Waals surface area (Å²) < 4.78 is 7.47. The number of carbonyl (C=O) groups is 3. The molecule has 11 nitrogen and oxygen atoms in total. The number of rotatable bonds is 4. The van der Waals surface area contributed by atoms with Gasteiger partial charge in [-0.15, -0.1) is 0 Å². The highest BCUT2D eigenvalue weighted by Crippen LogP contribution is 2.62. The molecule has 1 aliphatic carbocycles. The Labute approximate surface area is 273 Å². The number of Topliss-reactive ketones (excluding diaryl/α,β-unsaturated/α-hetero) is 1. The van der Waals surface area contributed by atoms with E-state index in [4.69, 9.17) is 4.74 Å². The summed E-state index contributed by atoms with van der Waals surface area (Å²) in [6.07, 6.45) is 12.0. The topological polar surface area (TPSA) is 132 Å². The van der Waals surface area contributed by atoms with Crippen molar-refractivity contribution < 1.29 is 19.1 Å². The Morgan fingerprint density at radius 2 is 1.87 bits per heavy atom. The summed E-state index contributed by atoms with van der Waals surface area (Å²) in [6.45, 7) is 7.87. The van der Waals surface area contributed by atoms with E-state index in [9.17, 15) is 14.4 Å². The number of allylic oxidation sites excluding steroid dienone is 1. The Bertz CT molecular complexity index is 1930. The summed E-state index contributed by atoms with van der Waals surface area (Å²) >= 11 is 0. The maximum absolute atomic E-state index is 14.3. The molecule has 11 heteroatoms. The number of anilines is 1. The second-order valence-electron chi connectivity index (χ2n) is 13.2. The summed E-state index contributed by atoms with van der Waals surface area (Å²) in [5.74, 6) is 0.515. The van der Waals surface area contributed by atoms with Gasteiger partial charge in [0.2, 0.25) is 11.8 Å². The van der Waals surface area contributed by atoms with Crippen LogP contribution in [0.4, 0.5) is 5.82 Å². The quantitative estimate of drug-likeness (QED) is 0.238. The smallest absolute Gasteiger partial charge is 0.248 e. The van der Waals surface area contributed by atoms with Gasteiger partial charge in [0.05, 0.1) is 18.7 Å². The molecule has 5 heterocycles. The van der Waals surface area contributed by atoms with Crippen molar-refractivity contribution in [2.75, 3.05) is 11.9 Å². The van der Waals surface area contributed by atoms with Gasteiger partial charge in [-0.25, -0.2) is 15.0 Å². The Hall–Kier alpha value is -4.77. The van der Waals surface area contributed by atoms with Gasteiger partial charge in [0.25, 0.3) is 0 Å². The number of hydrogen-bond donors (Lipinski definition) is 1. The molecule has 4 aromatic rings. The van der Waals surface area contributed by atoms with Crippen LogP contribution in [-0.4, -0.2) is 65.9 Å². The van der Waals surface area contributed by atoms with Crippen LogP contribution in [0.15, 0.2) is 48.8 Å². The number of fused-ring (bicyclic) bond motifs is 3. The lowest BCUT2D eigenvalue weighted by atomic mass is 9.93. The molecule has 3 atom stereocenters. The third-order valence-corrected chi connectivity index (χ3v) is 9.82. The first kappa shape index (κ1) is 30.9. The van der Waals surface area contributed by atoms with E-state index < -0.39 is 6.04 Å². The highest BCUT2D eigenvalue weighted by molar-refractivity contribution is 6.07. The minimum atomic E-state index is -0.638. The number of likely N-dealkylation sites (tertiary alicyclic amines) is 1. The van der Waals surface area contributed by atoms with Gasteiger partial charge in [-0.2, -0.15) is 5.10 Å². The third kappa shape index (κ3) is 5.84. The van der Waals surface area contributed by atoms with Crippen LogP contribution in [0.25, 0.3) is 22.0 Å². The zero-order chi connectivity index (χ0) is 32.9. The highest BCUT2D eigenvalue weighted by atomic mass is 16.5. The number of piperidine rings is 1. The molecule has 1 saturated heterocycles. The number of nitrogens with one attached hydrogen (secondary N) is 1. The van der Waals surface area contributed by atoms with Crippen LogP contribution in [0, 0.1) is 26.2 Å². The van der Waals surface area contributed by atoms with Crippen LogP contribution < -0.4 is 5.32 Å². The van der Waals surface area contributed by atoms with E-state index in [0.717, 1.165) is 59.1 Å². The molecular weight excluding hydrogens is 594 g/mol. The van der Waals surface area contributed by atoms with Crippen LogP contribution in [-0.2, 0) is 27.5 Å². The highest BCUT2D eigenvalue weighted by Gasteiger charge is 2.66. The van der Waals surface area contributed by atoms with Crippen molar-refractivity contribution in [1.29, 1.82) is 0 Å². The molecule has 3 aliphatic rings. The zero-order valence-corrected chi connectivity index (χ0v) is 27.2. The number of aryl methyl sites for hydroxylation is 3. The molecule has 2 aliphatic heterocycles. The van der Waals surface area contributed by atoms with E-state index in [0.29, 0.717) is 42.4 Å². The van der Waals surface area contributed by atoms with Crippen LogP contribution in [0.5, 0.6) is 0 Å². The van der Waals surface area contributed by atoms with E-state index in [2.05, 4.69) is 31.4 Å². The number of ether oxygens (including phenoxy) is 1. The van der Waals surface area contributed by atoms with Crippen LogP contribution in [0.2, 0.25) is 0 Å². The lowest BCUT2D eigenvalue weighted by molar-refractivity contribution is -0.138. The zero-order valence-electron chi connectivity index (χ0n) is 27.2. The van der Waals surface area contributed by atoms with Gasteiger partial charge in [-0.1, -0.05) is 18.2 Å². The van der Waals surface area contributed by atoms with Crippen LogP contribution in [0.3, 0.4) is 0 Å². The number of amides is 2. The molecule has 2 amide bonds. The number of pyridine rings is 1. The number of benzene rings is 1. The second kappa shape index (κ2) is 12.1. The standard InChI is InChI=1S/C36H39N7O4/c1-21-13-26(27-17-37-24(4)38-18-27)14-28-32(23(3)44)41-42(33(21)28)19-31(45)43-29-15-36(16-30(36)43)11-7-5-6-8-12-47-20-25-10-9-22(2)39-34(25)40-35(29)46/h6,8-10,13-14,17-18,29-30H,5,7,11-12,15-16,19-20H2,1-4H3,(H,39,40,46)/t29-,30+,36-/m0/s1.